The number of hydrogen-bond acceptors (Lipinski definition) is 3. The molecule has 1 rings (SSSR count). The molecule has 0 fully saturated rings. The van der Waals surface area contributed by atoms with Crippen molar-refractivity contribution in [1.29, 1.82) is 0 Å². The van der Waals surface area contributed by atoms with Crippen molar-refractivity contribution in [2.75, 3.05) is 6.61 Å². The smallest absolute Gasteiger partial charge is 0.308 e. The van der Waals surface area contributed by atoms with Crippen molar-refractivity contribution in [3.05, 3.63) is 29.8 Å². The molecular weight excluding hydrogens is 246 g/mol. The van der Waals surface area contributed by atoms with Gasteiger partial charge in [0.15, 0.2) is 6.61 Å². The summed E-state index contributed by atoms with van der Waals surface area (Å²) in [7, 11) is 0. The standard InChI is InChI=1S/C14H19NO4/c1-9-5-4-6-12(7-9)19-8-13(16)15-11(3)10(2)14(17)18/h4-7,10-11H,8H2,1-3H3,(H,15,16)(H,17,18). The first-order valence-electron chi connectivity index (χ1n) is 6.11. The molecule has 2 N–H and O–H groups in total. The molecule has 1 aromatic rings. The van der Waals surface area contributed by atoms with Crippen LogP contribution in [-0.2, 0) is 9.59 Å². The summed E-state index contributed by atoms with van der Waals surface area (Å²) >= 11 is 0. The van der Waals surface area contributed by atoms with Crippen molar-refractivity contribution in [1.82, 2.24) is 5.32 Å². The van der Waals surface area contributed by atoms with E-state index in [1.807, 2.05) is 25.1 Å². The Balaban J connectivity index is 2.42. The molecule has 1 amide bonds. The molecule has 0 radical (unpaired) electrons. The Bertz CT molecular complexity index is 459. The van der Waals surface area contributed by atoms with Gasteiger partial charge in [0.05, 0.1) is 5.92 Å². The van der Waals surface area contributed by atoms with E-state index in [9.17, 15) is 9.59 Å². The number of carbonyl (C=O) groups is 2. The quantitative estimate of drug-likeness (QED) is 0.819. The Kier molecular flexibility index (Phi) is 5.36. The van der Waals surface area contributed by atoms with Gasteiger partial charge in [-0.15, -0.1) is 0 Å². The predicted octanol–water partition coefficient (Wildman–Crippen LogP) is 1.60. The third kappa shape index (κ3) is 4.99. The molecule has 0 aromatic heterocycles. The van der Waals surface area contributed by atoms with E-state index in [2.05, 4.69) is 5.32 Å². The minimum Gasteiger partial charge on any atom is -0.484 e. The van der Waals surface area contributed by atoms with Crippen LogP contribution >= 0.6 is 0 Å². The number of ether oxygens (including phenoxy) is 1. The molecule has 0 spiro atoms. The van der Waals surface area contributed by atoms with E-state index in [0.29, 0.717) is 5.75 Å². The highest BCUT2D eigenvalue weighted by Gasteiger charge is 2.20. The van der Waals surface area contributed by atoms with Gasteiger partial charge >= 0.3 is 5.97 Å². The van der Waals surface area contributed by atoms with Gasteiger partial charge in [-0.1, -0.05) is 12.1 Å². The zero-order chi connectivity index (χ0) is 14.4. The van der Waals surface area contributed by atoms with E-state index in [1.165, 1.54) is 0 Å². The second-order valence-electron chi connectivity index (χ2n) is 4.59. The molecule has 1 aromatic carbocycles. The Labute approximate surface area is 112 Å². The highest BCUT2D eigenvalue weighted by atomic mass is 16.5. The van der Waals surface area contributed by atoms with Crippen LogP contribution < -0.4 is 10.1 Å². The molecule has 104 valence electrons. The summed E-state index contributed by atoms with van der Waals surface area (Å²) in [5, 5.41) is 11.4. The van der Waals surface area contributed by atoms with Crippen LogP contribution in [0.1, 0.15) is 19.4 Å². The topological polar surface area (TPSA) is 75.6 Å². The molecule has 19 heavy (non-hydrogen) atoms. The first-order chi connectivity index (χ1) is 8.90. The molecule has 0 saturated heterocycles. The summed E-state index contributed by atoms with van der Waals surface area (Å²) in [6, 6.07) is 6.94. The minimum absolute atomic E-state index is 0.125. The van der Waals surface area contributed by atoms with E-state index in [0.717, 1.165) is 5.56 Å². The number of aliphatic carboxylic acids is 1. The molecule has 0 aliphatic rings. The lowest BCUT2D eigenvalue weighted by Gasteiger charge is -2.17. The zero-order valence-corrected chi connectivity index (χ0v) is 11.3. The van der Waals surface area contributed by atoms with Crippen LogP contribution in [0.4, 0.5) is 0 Å². The lowest BCUT2D eigenvalue weighted by atomic mass is 10.0. The van der Waals surface area contributed by atoms with Crippen molar-refractivity contribution in [3.63, 3.8) is 0 Å². The molecule has 0 aliphatic heterocycles. The summed E-state index contributed by atoms with van der Waals surface area (Å²) in [6.07, 6.45) is 0. The fraction of sp³-hybridized carbons (Fsp3) is 0.429. The summed E-state index contributed by atoms with van der Waals surface area (Å²) in [4.78, 5) is 22.4. The predicted molar refractivity (Wildman–Crippen MR) is 71.1 cm³/mol. The first kappa shape index (κ1) is 15.0. The van der Waals surface area contributed by atoms with Crippen molar-refractivity contribution in [2.24, 2.45) is 5.92 Å². The number of aryl methyl sites for hydroxylation is 1. The van der Waals surface area contributed by atoms with Gasteiger partial charge in [-0.3, -0.25) is 9.59 Å². The molecule has 2 atom stereocenters. The molecule has 0 saturated carbocycles. The van der Waals surface area contributed by atoms with Crippen LogP contribution in [0.2, 0.25) is 0 Å². The maximum Gasteiger partial charge on any atom is 0.308 e. The number of nitrogens with one attached hydrogen (secondary N) is 1. The van der Waals surface area contributed by atoms with E-state index in [-0.39, 0.29) is 12.5 Å². The van der Waals surface area contributed by atoms with Crippen molar-refractivity contribution < 1.29 is 19.4 Å². The molecule has 0 aliphatic carbocycles. The average molecular weight is 265 g/mol. The summed E-state index contributed by atoms with van der Waals surface area (Å²) in [5.74, 6) is -1.29. The monoisotopic (exact) mass is 265 g/mol. The van der Waals surface area contributed by atoms with Gasteiger partial charge < -0.3 is 15.2 Å². The maximum absolute atomic E-state index is 11.6. The van der Waals surface area contributed by atoms with Crippen molar-refractivity contribution in [3.8, 4) is 5.75 Å². The van der Waals surface area contributed by atoms with Gasteiger partial charge in [-0.25, -0.2) is 0 Å². The van der Waals surface area contributed by atoms with Crippen LogP contribution in [0.25, 0.3) is 0 Å². The number of carboxylic acids is 1. The SMILES string of the molecule is Cc1cccc(OCC(=O)NC(C)C(C)C(=O)O)c1. The first-order valence-corrected chi connectivity index (χ1v) is 6.11. The number of carbonyl (C=O) groups excluding carboxylic acids is 1. The Hall–Kier alpha value is -2.04. The molecule has 5 nitrogen and oxygen atoms in total. The molecule has 5 heteroatoms. The second-order valence-corrected chi connectivity index (χ2v) is 4.59. The molecule has 2 unspecified atom stereocenters. The van der Waals surface area contributed by atoms with Crippen LogP contribution in [0, 0.1) is 12.8 Å². The van der Waals surface area contributed by atoms with Crippen LogP contribution in [0.15, 0.2) is 24.3 Å². The Morgan fingerprint density at radius 2 is 2.05 bits per heavy atom. The maximum atomic E-state index is 11.6. The van der Waals surface area contributed by atoms with Gasteiger partial charge in [-0.05, 0) is 38.5 Å². The van der Waals surface area contributed by atoms with E-state index in [1.54, 1.807) is 19.9 Å². The Morgan fingerprint density at radius 3 is 2.63 bits per heavy atom. The van der Waals surface area contributed by atoms with E-state index >= 15 is 0 Å². The van der Waals surface area contributed by atoms with Gasteiger partial charge in [0.2, 0.25) is 0 Å². The number of rotatable bonds is 6. The fourth-order valence-electron chi connectivity index (χ4n) is 1.49. The van der Waals surface area contributed by atoms with Crippen LogP contribution in [-0.4, -0.2) is 29.6 Å². The van der Waals surface area contributed by atoms with Crippen molar-refractivity contribution in [2.45, 2.75) is 26.8 Å². The van der Waals surface area contributed by atoms with Crippen molar-refractivity contribution >= 4 is 11.9 Å². The third-order valence-electron chi connectivity index (χ3n) is 2.89. The fourth-order valence-corrected chi connectivity index (χ4v) is 1.49. The zero-order valence-electron chi connectivity index (χ0n) is 11.3. The van der Waals surface area contributed by atoms with Gasteiger partial charge in [0.25, 0.3) is 5.91 Å². The largest absolute Gasteiger partial charge is 0.484 e. The molecule has 0 heterocycles. The van der Waals surface area contributed by atoms with E-state index < -0.39 is 17.9 Å². The van der Waals surface area contributed by atoms with Gasteiger partial charge in [-0.2, -0.15) is 0 Å². The highest BCUT2D eigenvalue weighted by Crippen LogP contribution is 2.12. The number of benzene rings is 1. The summed E-state index contributed by atoms with van der Waals surface area (Å²) in [6.45, 7) is 5.02. The van der Waals surface area contributed by atoms with Gasteiger partial charge in [0, 0.05) is 6.04 Å². The number of hydrogen-bond donors (Lipinski definition) is 2. The van der Waals surface area contributed by atoms with Crippen LogP contribution in [0.3, 0.4) is 0 Å². The van der Waals surface area contributed by atoms with Gasteiger partial charge in [0.1, 0.15) is 5.75 Å². The molecule has 0 bridgehead atoms. The number of amides is 1. The molecular formula is C14H19NO4. The second kappa shape index (κ2) is 6.78. The third-order valence-corrected chi connectivity index (χ3v) is 2.89. The number of carboxylic acid groups (broad SMARTS) is 1. The van der Waals surface area contributed by atoms with Crippen LogP contribution in [0.5, 0.6) is 5.75 Å². The average Bonchev–Trinajstić information content (AvgIpc) is 2.35. The normalized spacial score (nSPS) is 13.4. The lowest BCUT2D eigenvalue weighted by molar-refractivity contribution is -0.142. The summed E-state index contributed by atoms with van der Waals surface area (Å²) in [5.41, 5.74) is 1.05. The minimum atomic E-state index is -0.938. The van der Waals surface area contributed by atoms with E-state index in [4.69, 9.17) is 9.84 Å². The Morgan fingerprint density at radius 1 is 1.37 bits per heavy atom. The summed E-state index contributed by atoms with van der Waals surface area (Å²) < 4.78 is 5.33. The highest BCUT2D eigenvalue weighted by molar-refractivity contribution is 5.79. The lowest BCUT2D eigenvalue weighted by Crippen LogP contribution is -2.42.